The first-order valence-corrected chi connectivity index (χ1v) is 7.87. The van der Waals surface area contributed by atoms with Crippen molar-refractivity contribution in [2.75, 3.05) is 4.90 Å². The Morgan fingerprint density at radius 3 is 1.95 bits per heavy atom. The van der Waals surface area contributed by atoms with Crippen molar-refractivity contribution >= 4 is 28.8 Å². The van der Waals surface area contributed by atoms with Crippen LogP contribution < -0.4 is 4.90 Å². The highest BCUT2D eigenvalue weighted by Crippen LogP contribution is 2.50. The summed E-state index contributed by atoms with van der Waals surface area (Å²) in [5.74, 6) is 0. The van der Waals surface area contributed by atoms with E-state index in [-0.39, 0.29) is 0 Å². The molecule has 0 aliphatic carbocycles. The zero-order valence-corrected chi connectivity index (χ0v) is 12.6. The molecule has 0 radical (unpaired) electrons. The number of aryl methyl sites for hydroxylation is 1. The molecule has 0 N–H and O–H groups in total. The van der Waals surface area contributed by atoms with Crippen LogP contribution in [-0.2, 0) is 0 Å². The third-order valence-electron chi connectivity index (χ3n) is 3.69. The molecule has 3 aromatic rings. The van der Waals surface area contributed by atoms with E-state index in [1.165, 1.54) is 32.4 Å². The summed E-state index contributed by atoms with van der Waals surface area (Å²) in [6, 6.07) is 25.9. The van der Waals surface area contributed by atoms with E-state index in [2.05, 4.69) is 84.6 Å². The van der Waals surface area contributed by atoms with Crippen LogP contribution in [0.15, 0.2) is 82.6 Å². The molecule has 102 valence electrons. The van der Waals surface area contributed by atoms with Gasteiger partial charge in [0.2, 0.25) is 0 Å². The number of anilines is 3. The average Bonchev–Trinajstić information content (AvgIpc) is 2.52. The number of nitrogens with zero attached hydrogens (tertiary/aromatic N) is 1. The van der Waals surface area contributed by atoms with E-state index in [0.29, 0.717) is 0 Å². The molecule has 1 aliphatic heterocycles. The fraction of sp³-hybridized carbons (Fsp3) is 0.0526. The molecule has 1 nitrogen and oxygen atoms in total. The van der Waals surface area contributed by atoms with Crippen LogP contribution in [0.1, 0.15) is 5.56 Å². The molecule has 0 aromatic heterocycles. The minimum absolute atomic E-state index is 1.22. The van der Waals surface area contributed by atoms with Crippen molar-refractivity contribution in [3.05, 3.63) is 78.4 Å². The van der Waals surface area contributed by atoms with Crippen LogP contribution in [0.25, 0.3) is 0 Å². The second-order valence-corrected chi connectivity index (χ2v) is 6.30. The smallest absolute Gasteiger partial charge is 0.0601 e. The molecule has 3 aromatic carbocycles. The Hall–Kier alpha value is -2.19. The van der Waals surface area contributed by atoms with E-state index in [4.69, 9.17) is 0 Å². The Bertz CT molecular complexity index is 764. The van der Waals surface area contributed by atoms with Gasteiger partial charge < -0.3 is 4.90 Å². The first kappa shape index (κ1) is 12.5. The SMILES string of the molecule is Cc1cccc(N2c3ccccc3Sc3ccccc32)c1. The van der Waals surface area contributed by atoms with Crippen LogP contribution in [0, 0.1) is 6.92 Å². The lowest BCUT2D eigenvalue weighted by atomic mass is 10.1. The second-order valence-electron chi connectivity index (χ2n) is 5.21. The molecule has 4 rings (SSSR count). The monoisotopic (exact) mass is 289 g/mol. The Morgan fingerprint density at radius 1 is 0.714 bits per heavy atom. The summed E-state index contributed by atoms with van der Waals surface area (Å²) < 4.78 is 0. The van der Waals surface area contributed by atoms with Crippen molar-refractivity contribution < 1.29 is 0 Å². The van der Waals surface area contributed by atoms with Gasteiger partial charge >= 0.3 is 0 Å². The Labute approximate surface area is 129 Å². The summed E-state index contributed by atoms with van der Waals surface area (Å²) in [5, 5.41) is 0. The van der Waals surface area contributed by atoms with Crippen molar-refractivity contribution in [2.45, 2.75) is 16.7 Å². The van der Waals surface area contributed by atoms with Crippen molar-refractivity contribution in [1.29, 1.82) is 0 Å². The maximum absolute atomic E-state index is 2.36. The van der Waals surface area contributed by atoms with Gasteiger partial charge in [0.15, 0.2) is 0 Å². The van der Waals surface area contributed by atoms with Gasteiger partial charge in [-0.25, -0.2) is 0 Å². The molecule has 0 bridgehead atoms. The predicted molar refractivity (Wildman–Crippen MR) is 90.0 cm³/mol. The highest BCUT2D eigenvalue weighted by Gasteiger charge is 2.23. The molecular formula is C19H15NS. The van der Waals surface area contributed by atoms with E-state index in [0.717, 1.165) is 0 Å². The molecule has 0 unspecified atom stereocenters. The second kappa shape index (κ2) is 4.97. The highest BCUT2D eigenvalue weighted by atomic mass is 32.2. The number of hydrogen-bond donors (Lipinski definition) is 0. The zero-order valence-electron chi connectivity index (χ0n) is 11.8. The van der Waals surface area contributed by atoms with Gasteiger partial charge in [-0.05, 0) is 48.9 Å². The maximum Gasteiger partial charge on any atom is 0.0601 e. The molecular weight excluding hydrogens is 274 g/mol. The lowest BCUT2D eigenvalue weighted by Gasteiger charge is -2.32. The minimum Gasteiger partial charge on any atom is -0.308 e. The molecule has 0 fully saturated rings. The summed E-state index contributed by atoms with van der Waals surface area (Å²) in [5.41, 5.74) is 5.01. The van der Waals surface area contributed by atoms with Crippen molar-refractivity contribution in [3.8, 4) is 0 Å². The van der Waals surface area contributed by atoms with Crippen molar-refractivity contribution in [2.24, 2.45) is 0 Å². The van der Waals surface area contributed by atoms with E-state index < -0.39 is 0 Å². The van der Waals surface area contributed by atoms with Crippen LogP contribution in [0.3, 0.4) is 0 Å². The average molecular weight is 289 g/mol. The predicted octanol–water partition coefficient (Wildman–Crippen LogP) is 5.93. The van der Waals surface area contributed by atoms with E-state index in [1.807, 2.05) is 11.8 Å². The molecule has 0 spiro atoms. The molecule has 0 amide bonds. The Kier molecular flexibility index (Phi) is 2.97. The third-order valence-corrected chi connectivity index (χ3v) is 4.82. The molecule has 1 heterocycles. The van der Waals surface area contributed by atoms with Crippen LogP contribution in [0.2, 0.25) is 0 Å². The van der Waals surface area contributed by atoms with Gasteiger partial charge in [0.05, 0.1) is 11.4 Å². The number of fused-ring (bicyclic) bond motifs is 2. The lowest BCUT2D eigenvalue weighted by Crippen LogP contribution is -2.14. The number of hydrogen-bond acceptors (Lipinski definition) is 2. The van der Waals surface area contributed by atoms with Gasteiger partial charge in [-0.3, -0.25) is 0 Å². The standard InChI is InChI=1S/C19H15NS/c1-14-7-6-8-15(13-14)20-16-9-2-4-11-18(16)21-19-12-5-3-10-17(19)20/h2-13H,1H3. The van der Waals surface area contributed by atoms with Crippen LogP contribution in [0.5, 0.6) is 0 Å². The topological polar surface area (TPSA) is 3.24 Å². The van der Waals surface area contributed by atoms with Crippen LogP contribution in [-0.4, -0.2) is 0 Å². The molecule has 1 aliphatic rings. The van der Waals surface area contributed by atoms with Crippen LogP contribution in [0.4, 0.5) is 17.1 Å². The largest absolute Gasteiger partial charge is 0.308 e. The van der Waals surface area contributed by atoms with E-state index in [9.17, 15) is 0 Å². The summed E-state index contributed by atoms with van der Waals surface area (Å²) in [6.07, 6.45) is 0. The van der Waals surface area contributed by atoms with Gasteiger partial charge in [-0.2, -0.15) is 0 Å². The van der Waals surface area contributed by atoms with Crippen molar-refractivity contribution in [3.63, 3.8) is 0 Å². The van der Waals surface area contributed by atoms with Crippen molar-refractivity contribution in [1.82, 2.24) is 0 Å². The van der Waals surface area contributed by atoms with Gasteiger partial charge in [0.1, 0.15) is 0 Å². The lowest BCUT2D eigenvalue weighted by molar-refractivity contribution is 1.16. The minimum atomic E-state index is 1.22. The number of rotatable bonds is 1. The summed E-state index contributed by atoms with van der Waals surface area (Å²) in [7, 11) is 0. The van der Waals surface area contributed by atoms with Gasteiger partial charge in [0.25, 0.3) is 0 Å². The molecule has 0 saturated heterocycles. The number of benzene rings is 3. The van der Waals surface area contributed by atoms with Gasteiger partial charge in [0, 0.05) is 15.5 Å². The molecule has 21 heavy (non-hydrogen) atoms. The van der Waals surface area contributed by atoms with Gasteiger partial charge in [-0.1, -0.05) is 48.2 Å². The summed E-state index contributed by atoms with van der Waals surface area (Å²) in [4.78, 5) is 4.96. The highest BCUT2D eigenvalue weighted by molar-refractivity contribution is 7.99. The molecule has 2 heteroatoms. The first-order chi connectivity index (χ1) is 10.3. The zero-order chi connectivity index (χ0) is 14.2. The summed E-state index contributed by atoms with van der Waals surface area (Å²) >= 11 is 1.84. The Balaban J connectivity index is 1.97. The van der Waals surface area contributed by atoms with E-state index >= 15 is 0 Å². The summed E-state index contributed by atoms with van der Waals surface area (Å²) in [6.45, 7) is 2.14. The first-order valence-electron chi connectivity index (χ1n) is 7.06. The molecule has 0 atom stereocenters. The van der Waals surface area contributed by atoms with Gasteiger partial charge in [-0.15, -0.1) is 0 Å². The molecule has 0 saturated carbocycles. The van der Waals surface area contributed by atoms with Crippen LogP contribution >= 0.6 is 11.8 Å². The fourth-order valence-corrected chi connectivity index (χ4v) is 3.81. The number of para-hydroxylation sites is 2. The fourth-order valence-electron chi connectivity index (χ4n) is 2.75. The quantitative estimate of drug-likeness (QED) is 0.427. The maximum atomic E-state index is 2.36. The van der Waals surface area contributed by atoms with E-state index in [1.54, 1.807) is 0 Å². The Morgan fingerprint density at radius 2 is 1.33 bits per heavy atom. The third kappa shape index (κ3) is 2.12. The normalized spacial score (nSPS) is 12.7.